The van der Waals surface area contributed by atoms with Gasteiger partial charge in [0.1, 0.15) is 0 Å². The molecule has 2 saturated carbocycles. The third kappa shape index (κ3) is 0.792. The predicted molar refractivity (Wildman–Crippen MR) is 47.3 cm³/mol. The van der Waals surface area contributed by atoms with Crippen molar-refractivity contribution in [2.24, 2.45) is 17.3 Å². The van der Waals surface area contributed by atoms with Gasteiger partial charge in [0.05, 0.1) is 0 Å². The van der Waals surface area contributed by atoms with Gasteiger partial charge in [0, 0.05) is 5.33 Å². The molecule has 2 aliphatic carbocycles. The fourth-order valence-electron chi connectivity index (χ4n) is 2.83. The number of rotatable bonds is 1. The molecule has 1 heteroatoms. The zero-order valence-corrected chi connectivity index (χ0v) is 8.15. The van der Waals surface area contributed by atoms with Crippen molar-refractivity contribution >= 4 is 15.9 Å². The van der Waals surface area contributed by atoms with Gasteiger partial charge >= 0.3 is 0 Å². The summed E-state index contributed by atoms with van der Waals surface area (Å²) in [6.45, 7) is 2.42. The lowest BCUT2D eigenvalue weighted by molar-refractivity contribution is 0.372. The largest absolute Gasteiger partial charge is 0.0925 e. The van der Waals surface area contributed by atoms with Crippen molar-refractivity contribution in [3.63, 3.8) is 0 Å². The molecule has 58 valence electrons. The highest BCUT2D eigenvalue weighted by molar-refractivity contribution is 9.09. The van der Waals surface area contributed by atoms with Crippen molar-refractivity contribution in [3.05, 3.63) is 0 Å². The first-order valence-corrected chi connectivity index (χ1v) is 5.48. The van der Waals surface area contributed by atoms with Crippen LogP contribution < -0.4 is 0 Å². The molecule has 0 bridgehead atoms. The van der Waals surface area contributed by atoms with E-state index in [1.807, 2.05) is 0 Å². The third-order valence-corrected chi connectivity index (χ3v) is 4.48. The van der Waals surface area contributed by atoms with E-state index in [1.165, 1.54) is 31.0 Å². The van der Waals surface area contributed by atoms with Crippen molar-refractivity contribution in [3.8, 4) is 0 Å². The maximum Gasteiger partial charge on any atom is 0.00650 e. The first kappa shape index (κ1) is 7.15. The van der Waals surface area contributed by atoms with Crippen LogP contribution in [0.5, 0.6) is 0 Å². The predicted octanol–water partition coefficient (Wildman–Crippen LogP) is 3.21. The normalized spacial score (nSPS) is 52.2. The van der Waals surface area contributed by atoms with E-state index >= 15 is 0 Å². The van der Waals surface area contributed by atoms with E-state index < -0.39 is 0 Å². The third-order valence-electron chi connectivity index (χ3n) is 3.70. The first-order valence-electron chi connectivity index (χ1n) is 4.35. The molecule has 10 heavy (non-hydrogen) atoms. The van der Waals surface area contributed by atoms with Crippen LogP contribution in [-0.4, -0.2) is 5.33 Å². The molecule has 2 aliphatic rings. The number of hydrogen-bond donors (Lipinski definition) is 0. The maximum absolute atomic E-state index is 3.62. The summed E-state index contributed by atoms with van der Waals surface area (Å²) < 4.78 is 0. The Morgan fingerprint density at radius 1 is 1.60 bits per heavy atom. The molecular weight excluding hydrogens is 188 g/mol. The van der Waals surface area contributed by atoms with Crippen molar-refractivity contribution in [1.29, 1.82) is 0 Å². The van der Waals surface area contributed by atoms with E-state index in [-0.39, 0.29) is 0 Å². The topological polar surface area (TPSA) is 0 Å². The minimum absolute atomic E-state index is 0.823. The summed E-state index contributed by atoms with van der Waals surface area (Å²) in [5, 5.41) is 1.25. The molecule has 0 radical (unpaired) electrons. The molecule has 0 aromatic carbocycles. The Hall–Kier alpha value is 0.480. The average Bonchev–Trinajstić information content (AvgIpc) is 2.45. The number of halogens is 1. The number of alkyl halides is 1. The van der Waals surface area contributed by atoms with Gasteiger partial charge in [0.15, 0.2) is 0 Å². The molecule has 2 fully saturated rings. The first-order chi connectivity index (χ1) is 4.79. The van der Waals surface area contributed by atoms with Crippen molar-refractivity contribution < 1.29 is 0 Å². The van der Waals surface area contributed by atoms with Crippen LogP contribution >= 0.6 is 15.9 Å². The molecule has 1 spiro atoms. The Bertz CT molecular complexity index is 144. The minimum atomic E-state index is 0.823. The highest BCUT2D eigenvalue weighted by Gasteiger charge is 2.57. The van der Waals surface area contributed by atoms with Crippen LogP contribution in [0, 0.1) is 17.3 Å². The summed E-state index contributed by atoms with van der Waals surface area (Å²) >= 11 is 3.62. The molecule has 3 unspecified atom stereocenters. The molecule has 0 aromatic rings. The molecule has 0 amide bonds. The van der Waals surface area contributed by atoms with E-state index in [0.717, 1.165) is 17.3 Å². The monoisotopic (exact) mass is 202 g/mol. The average molecular weight is 203 g/mol. The van der Waals surface area contributed by atoms with Crippen molar-refractivity contribution in [2.45, 2.75) is 32.6 Å². The molecule has 0 aromatic heterocycles. The van der Waals surface area contributed by atoms with Gasteiger partial charge in [-0.1, -0.05) is 29.3 Å². The van der Waals surface area contributed by atoms with Gasteiger partial charge in [0.2, 0.25) is 0 Å². The van der Waals surface area contributed by atoms with E-state index in [0.29, 0.717) is 0 Å². The molecule has 3 atom stereocenters. The zero-order valence-electron chi connectivity index (χ0n) is 6.57. The van der Waals surface area contributed by atoms with Gasteiger partial charge in [0.25, 0.3) is 0 Å². The lowest BCUT2D eigenvalue weighted by Gasteiger charge is -2.15. The minimum Gasteiger partial charge on any atom is -0.0925 e. The summed E-state index contributed by atoms with van der Waals surface area (Å²) in [7, 11) is 0. The quantitative estimate of drug-likeness (QED) is 0.574. The van der Waals surface area contributed by atoms with Crippen LogP contribution in [0.1, 0.15) is 32.6 Å². The SMILES string of the molecule is CC1CC12CCCC2CBr. The van der Waals surface area contributed by atoms with Gasteiger partial charge in [-0.05, 0) is 36.5 Å². The van der Waals surface area contributed by atoms with Crippen LogP contribution in [-0.2, 0) is 0 Å². The smallest absolute Gasteiger partial charge is 0.00650 e. The second kappa shape index (κ2) is 2.23. The lowest BCUT2D eigenvalue weighted by atomic mass is 9.92. The molecular formula is C9H15Br. The summed E-state index contributed by atoms with van der Waals surface area (Å²) in [6.07, 6.45) is 6.00. The Morgan fingerprint density at radius 3 is 2.70 bits per heavy atom. The standard InChI is InChI=1S/C9H15Br/c1-7-5-9(7)4-2-3-8(9)6-10/h7-8H,2-6H2,1H3. The van der Waals surface area contributed by atoms with Crippen molar-refractivity contribution in [2.75, 3.05) is 5.33 Å². The summed E-state index contributed by atoms with van der Waals surface area (Å²) in [6, 6.07) is 0. The molecule has 0 aliphatic heterocycles. The Balaban J connectivity index is 2.08. The molecule has 0 saturated heterocycles. The number of hydrogen-bond acceptors (Lipinski definition) is 0. The van der Waals surface area contributed by atoms with Gasteiger partial charge in [-0.15, -0.1) is 0 Å². The lowest BCUT2D eigenvalue weighted by Crippen LogP contribution is -2.11. The highest BCUT2D eigenvalue weighted by atomic mass is 79.9. The Labute approximate surface area is 71.5 Å². The van der Waals surface area contributed by atoms with Gasteiger partial charge in [-0.25, -0.2) is 0 Å². The van der Waals surface area contributed by atoms with Crippen molar-refractivity contribution in [1.82, 2.24) is 0 Å². The van der Waals surface area contributed by atoms with Crippen LogP contribution in [0.15, 0.2) is 0 Å². The van der Waals surface area contributed by atoms with E-state index in [1.54, 1.807) is 0 Å². The highest BCUT2D eigenvalue weighted by Crippen LogP contribution is 2.65. The van der Waals surface area contributed by atoms with Crippen LogP contribution in [0.2, 0.25) is 0 Å². The second-order valence-electron chi connectivity index (χ2n) is 4.08. The molecule has 0 nitrogen and oxygen atoms in total. The molecule has 2 rings (SSSR count). The van der Waals surface area contributed by atoms with E-state index in [4.69, 9.17) is 0 Å². The van der Waals surface area contributed by atoms with E-state index in [9.17, 15) is 0 Å². The van der Waals surface area contributed by atoms with Gasteiger partial charge in [-0.3, -0.25) is 0 Å². The molecule has 0 heterocycles. The Morgan fingerprint density at radius 2 is 2.30 bits per heavy atom. The zero-order chi connectivity index (χ0) is 7.19. The summed E-state index contributed by atoms with van der Waals surface area (Å²) in [5.41, 5.74) is 0.823. The van der Waals surface area contributed by atoms with E-state index in [2.05, 4.69) is 22.9 Å². The summed E-state index contributed by atoms with van der Waals surface area (Å²) in [4.78, 5) is 0. The van der Waals surface area contributed by atoms with Gasteiger partial charge < -0.3 is 0 Å². The fourth-order valence-corrected chi connectivity index (χ4v) is 3.80. The molecule has 0 N–H and O–H groups in total. The summed E-state index contributed by atoms with van der Waals surface area (Å²) in [5.74, 6) is 2.06. The maximum atomic E-state index is 3.62. The second-order valence-corrected chi connectivity index (χ2v) is 4.73. The van der Waals surface area contributed by atoms with Crippen LogP contribution in [0.3, 0.4) is 0 Å². The Kier molecular flexibility index (Phi) is 1.59. The van der Waals surface area contributed by atoms with Gasteiger partial charge in [-0.2, -0.15) is 0 Å². The van der Waals surface area contributed by atoms with Crippen LogP contribution in [0.25, 0.3) is 0 Å². The van der Waals surface area contributed by atoms with Crippen LogP contribution in [0.4, 0.5) is 0 Å². The fraction of sp³-hybridized carbons (Fsp3) is 1.00.